The molecule has 0 radical (unpaired) electrons. The van der Waals surface area contributed by atoms with Crippen LogP contribution in [-0.2, 0) is 0 Å². The summed E-state index contributed by atoms with van der Waals surface area (Å²) in [6, 6.07) is 4.42. The average molecular weight is 240 g/mol. The van der Waals surface area contributed by atoms with Crippen molar-refractivity contribution < 1.29 is 4.39 Å². The number of imidazole rings is 1. The topological polar surface area (TPSA) is 43.8 Å². The summed E-state index contributed by atoms with van der Waals surface area (Å²) in [4.78, 5) is 4.00. The SMILES string of the molecule is CC(N)c1cncn1-c1ccc(Cl)c(F)c1. The Kier molecular flexibility index (Phi) is 2.94. The van der Waals surface area contributed by atoms with Crippen LogP contribution in [0.2, 0.25) is 5.02 Å². The van der Waals surface area contributed by atoms with Crippen molar-refractivity contribution in [2.75, 3.05) is 0 Å². The lowest BCUT2D eigenvalue weighted by atomic mass is 10.2. The Bertz CT molecular complexity index is 508. The maximum Gasteiger partial charge on any atom is 0.143 e. The van der Waals surface area contributed by atoms with E-state index in [2.05, 4.69) is 4.98 Å². The average Bonchev–Trinajstić information content (AvgIpc) is 2.71. The molecule has 0 aliphatic heterocycles. The van der Waals surface area contributed by atoms with Gasteiger partial charge in [-0.2, -0.15) is 0 Å². The lowest BCUT2D eigenvalue weighted by molar-refractivity contribution is 0.626. The number of nitrogens with zero attached hydrogens (tertiary/aromatic N) is 2. The highest BCUT2D eigenvalue weighted by molar-refractivity contribution is 6.30. The fraction of sp³-hybridized carbons (Fsp3) is 0.182. The van der Waals surface area contributed by atoms with Crippen LogP contribution >= 0.6 is 11.6 Å². The van der Waals surface area contributed by atoms with Crippen molar-refractivity contribution in [1.29, 1.82) is 0 Å². The summed E-state index contributed by atoms with van der Waals surface area (Å²) >= 11 is 5.62. The second-order valence-corrected chi connectivity index (χ2v) is 3.98. The zero-order valence-corrected chi connectivity index (χ0v) is 9.45. The molecular weight excluding hydrogens is 229 g/mol. The van der Waals surface area contributed by atoms with Gasteiger partial charge in [-0.05, 0) is 25.1 Å². The molecule has 1 heterocycles. The minimum Gasteiger partial charge on any atom is -0.323 e. The third-order valence-corrected chi connectivity index (χ3v) is 2.62. The Morgan fingerprint density at radius 1 is 1.50 bits per heavy atom. The normalized spacial score (nSPS) is 12.8. The number of hydrogen-bond donors (Lipinski definition) is 1. The van der Waals surface area contributed by atoms with E-state index in [1.54, 1.807) is 23.2 Å². The monoisotopic (exact) mass is 239 g/mol. The molecule has 0 spiro atoms. The standard InChI is InChI=1S/C11H11ClFN3/c1-7(14)11-5-15-6-16(11)8-2-3-9(12)10(13)4-8/h2-7H,14H2,1H3. The van der Waals surface area contributed by atoms with E-state index in [1.165, 1.54) is 12.1 Å². The van der Waals surface area contributed by atoms with Gasteiger partial charge in [-0.1, -0.05) is 11.6 Å². The van der Waals surface area contributed by atoms with Crippen LogP contribution in [0.25, 0.3) is 5.69 Å². The molecule has 0 fully saturated rings. The summed E-state index contributed by atoms with van der Waals surface area (Å²) in [6.07, 6.45) is 3.26. The predicted molar refractivity (Wildman–Crippen MR) is 61.1 cm³/mol. The molecule has 2 aromatic rings. The lowest BCUT2D eigenvalue weighted by Crippen LogP contribution is -2.10. The van der Waals surface area contributed by atoms with Gasteiger partial charge in [-0.25, -0.2) is 9.37 Å². The van der Waals surface area contributed by atoms with Gasteiger partial charge in [0.1, 0.15) is 5.82 Å². The molecule has 0 saturated heterocycles. The molecule has 1 unspecified atom stereocenters. The summed E-state index contributed by atoms with van der Waals surface area (Å²) < 4.78 is 15.0. The molecule has 16 heavy (non-hydrogen) atoms. The quantitative estimate of drug-likeness (QED) is 0.876. The van der Waals surface area contributed by atoms with Gasteiger partial charge >= 0.3 is 0 Å². The van der Waals surface area contributed by atoms with E-state index in [-0.39, 0.29) is 11.1 Å². The molecule has 1 aromatic heterocycles. The first-order chi connectivity index (χ1) is 7.59. The minimum atomic E-state index is -0.455. The summed E-state index contributed by atoms with van der Waals surface area (Å²) in [5, 5.41) is 0.103. The van der Waals surface area contributed by atoms with Gasteiger partial charge in [0.15, 0.2) is 0 Å². The zero-order chi connectivity index (χ0) is 11.7. The van der Waals surface area contributed by atoms with Gasteiger partial charge in [0, 0.05) is 11.7 Å². The molecule has 0 aliphatic carbocycles. The highest BCUT2D eigenvalue weighted by Gasteiger charge is 2.09. The molecule has 84 valence electrons. The second kappa shape index (κ2) is 4.23. The van der Waals surface area contributed by atoms with E-state index in [4.69, 9.17) is 17.3 Å². The van der Waals surface area contributed by atoms with E-state index < -0.39 is 5.82 Å². The van der Waals surface area contributed by atoms with Gasteiger partial charge < -0.3 is 10.3 Å². The maximum atomic E-state index is 13.3. The van der Waals surface area contributed by atoms with E-state index in [0.29, 0.717) is 5.69 Å². The van der Waals surface area contributed by atoms with Gasteiger partial charge in [0.25, 0.3) is 0 Å². The van der Waals surface area contributed by atoms with Crippen molar-refractivity contribution in [3.63, 3.8) is 0 Å². The Balaban J connectivity index is 2.50. The van der Waals surface area contributed by atoms with Gasteiger partial charge in [0.2, 0.25) is 0 Å². The predicted octanol–water partition coefficient (Wildman–Crippen LogP) is 2.68. The number of hydrogen-bond acceptors (Lipinski definition) is 2. The van der Waals surface area contributed by atoms with Crippen LogP contribution in [-0.4, -0.2) is 9.55 Å². The minimum absolute atomic E-state index is 0.103. The van der Waals surface area contributed by atoms with Crippen molar-refractivity contribution in [3.05, 3.63) is 47.3 Å². The van der Waals surface area contributed by atoms with Crippen LogP contribution in [0.15, 0.2) is 30.7 Å². The molecule has 0 aliphatic rings. The highest BCUT2D eigenvalue weighted by atomic mass is 35.5. The Morgan fingerprint density at radius 2 is 2.25 bits per heavy atom. The summed E-state index contributed by atoms with van der Waals surface area (Å²) in [5.74, 6) is -0.455. The van der Waals surface area contributed by atoms with Crippen molar-refractivity contribution in [2.45, 2.75) is 13.0 Å². The molecule has 0 bridgehead atoms. The van der Waals surface area contributed by atoms with Crippen molar-refractivity contribution in [2.24, 2.45) is 5.73 Å². The zero-order valence-electron chi connectivity index (χ0n) is 8.69. The number of nitrogens with two attached hydrogens (primary N) is 1. The van der Waals surface area contributed by atoms with Crippen molar-refractivity contribution in [3.8, 4) is 5.69 Å². The molecule has 2 rings (SSSR count). The highest BCUT2D eigenvalue weighted by Crippen LogP contribution is 2.21. The molecule has 5 heteroatoms. The first-order valence-corrected chi connectivity index (χ1v) is 5.20. The van der Waals surface area contributed by atoms with E-state index in [0.717, 1.165) is 5.69 Å². The summed E-state index contributed by atoms with van der Waals surface area (Å²) in [5.41, 5.74) is 7.26. The summed E-state index contributed by atoms with van der Waals surface area (Å²) in [7, 11) is 0. The molecule has 0 amide bonds. The van der Waals surface area contributed by atoms with Crippen LogP contribution in [0.1, 0.15) is 18.7 Å². The van der Waals surface area contributed by atoms with Crippen LogP contribution < -0.4 is 5.73 Å². The number of halogens is 2. The number of rotatable bonds is 2. The molecule has 1 atom stereocenters. The first-order valence-electron chi connectivity index (χ1n) is 4.83. The third kappa shape index (κ3) is 1.94. The largest absolute Gasteiger partial charge is 0.323 e. The number of benzene rings is 1. The Morgan fingerprint density at radius 3 is 2.88 bits per heavy atom. The van der Waals surface area contributed by atoms with E-state index in [9.17, 15) is 4.39 Å². The number of aromatic nitrogens is 2. The maximum absolute atomic E-state index is 13.3. The van der Waals surface area contributed by atoms with E-state index >= 15 is 0 Å². The van der Waals surface area contributed by atoms with E-state index in [1.807, 2.05) is 6.92 Å². The van der Waals surface area contributed by atoms with Gasteiger partial charge in [0.05, 0.1) is 23.2 Å². The first kappa shape index (κ1) is 11.1. The molecular formula is C11H11ClFN3. The molecule has 3 nitrogen and oxygen atoms in total. The summed E-state index contributed by atoms with van der Waals surface area (Å²) in [6.45, 7) is 1.85. The molecule has 2 N–H and O–H groups in total. The van der Waals surface area contributed by atoms with Crippen LogP contribution in [0, 0.1) is 5.82 Å². The van der Waals surface area contributed by atoms with Crippen molar-refractivity contribution >= 4 is 11.6 Å². The van der Waals surface area contributed by atoms with Crippen LogP contribution in [0.4, 0.5) is 4.39 Å². The van der Waals surface area contributed by atoms with Crippen LogP contribution in [0.5, 0.6) is 0 Å². The molecule has 1 aromatic carbocycles. The third-order valence-electron chi connectivity index (χ3n) is 2.31. The Labute approximate surface area is 97.7 Å². The molecule has 0 saturated carbocycles. The van der Waals surface area contributed by atoms with Gasteiger partial charge in [-0.15, -0.1) is 0 Å². The van der Waals surface area contributed by atoms with Gasteiger partial charge in [-0.3, -0.25) is 0 Å². The lowest BCUT2D eigenvalue weighted by Gasteiger charge is -2.10. The van der Waals surface area contributed by atoms with Crippen molar-refractivity contribution in [1.82, 2.24) is 9.55 Å². The fourth-order valence-electron chi connectivity index (χ4n) is 1.49. The fourth-order valence-corrected chi connectivity index (χ4v) is 1.61. The van der Waals surface area contributed by atoms with Crippen LogP contribution in [0.3, 0.4) is 0 Å². The smallest absolute Gasteiger partial charge is 0.143 e. The Hall–Kier alpha value is -1.39. The second-order valence-electron chi connectivity index (χ2n) is 3.58.